The summed E-state index contributed by atoms with van der Waals surface area (Å²) in [6, 6.07) is 0. The molecule has 0 atom stereocenters. The van der Waals surface area contributed by atoms with Gasteiger partial charge in [0.05, 0.1) is 25.5 Å². The average Bonchev–Trinajstić information content (AvgIpc) is 2.48. The molecule has 24 heavy (non-hydrogen) atoms. The minimum Gasteiger partial charge on any atom is -0.378 e. The highest BCUT2D eigenvalue weighted by Crippen LogP contribution is 2.01. The van der Waals surface area contributed by atoms with E-state index in [0.29, 0.717) is 13.2 Å². The number of unbranched alkanes of at least 4 members (excludes halogenated alkanes) is 3. The molecule has 0 saturated carbocycles. The quantitative estimate of drug-likeness (QED) is 0.146. The molecule has 0 aromatic carbocycles. The van der Waals surface area contributed by atoms with Gasteiger partial charge in [-0.05, 0) is 26.2 Å². The van der Waals surface area contributed by atoms with Crippen LogP contribution < -0.4 is 5.32 Å². The Morgan fingerprint density at radius 1 is 1.29 bits per heavy atom. The van der Waals surface area contributed by atoms with Crippen LogP contribution >= 0.6 is 24.0 Å². The van der Waals surface area contributed by atoms with Crippen LogP contribution in [0.5, 0.6) is 0 Å². The Bertz CT molecular complexity index is 442. The smallest absolute Gasteiger partial charge is 0.193 e. The first kappa shape index (κ1) is 25.9. The molecule has 1 N–H and O–H groups in total. The number of allylic oxidation sites excluding steroid dienone is 1. The first-order chi connectivity index (χ1) is 10.9. The van der Waals surface area contributed by atoms with E-state index < -0.39 is 9.84 Å². The fraction of sp³-hybridized carbons (Fsp3) is 0.812. The van der Waals surface area contributed by atoms with Gasteiger partial charge in [-0.3, -0.25) is 4.99 Å². The number of nitrogens with zero attached hydrogens (tertiary/aromatic N) is 2. The lowest BCUT2D eigenvalue weighted by atomic mass is 10.2. The van der Waals surface area contributed by atoms with Gasteiger partial charge in [-0.2, -0.15) is 0 Å². The van der Waals surface area contributed by atoms with E-state index in [4.69, 9.17) is 4.74 Å². The molecular weight excluding hydrogens is 441 g/mol. The van der Waals surface area contributed by atoms with Crippen LogP contribution in [0, 0.1) is 0 Å². The number of hydrogen-bond donors (Lipinski definition) is 1. The molecule has 0 radical (unpaired) electrons. The van der Waals surface area contributed by atoms with Gasteiger partial charge in [-0.15, -0.1) is 30.6 Å². The van der Waals surface area contributed by atoms with Crippen molar-refractivity contribution >= 4 is 39.8 Å². The van der Waals surface area contributed by atoms with Crippen LogP contribution in [0.4, 0.5) is 0 Å². The molecule has 0 amide bonds. The fourth-order valence-electron chi connectivity index (χ4n) is 1.92. The van der Waals surface area contributed by atoms with Gasteiger partial charge in [-0.1, -0.05) is 12.5 Å². The van der Waals surface area contributed by atoms with Crippen molar-refractivity contribution in [2.75, 3.05) is 51.9 Å². The standard InChI is InChI=1S/C16H33N3O3S.HI/c1-5-7-8-9-10-12-19(3)16(17-6-2)18-11-13-22-14-15-23(4,20)21;/h5H,1,6-15H2,2-4H3,(H,17,18);1H. The molecule has 0 bridgehead atoms. The lowest BCUT2D eigenvalue weighted by molar-refractivity contribution is 0.157. The summed E-state index contributed by atoms with van der Waals surface area (Å²) in [7, 11) is -0.927. The topological polar surface area (TPSA) is 71.0 Å². The van der Waals surface area contributed by atoms with Crippen LogP contribution in [0.25, 0.3) is 0 Å². The average molecular weight is 475 g/mol. The van der Waals surface area contributed by atoms with Gasteiger partial charge >= 0.3 is 0 Å². The maximum Gasteiger partial charge on any atom is 0.193 e. The number of hydrogen-bond acceptors (Lipinski definition) is 4. The summed E-state index contributed by atoms with van der Waals surface area (Å²) in [5.41, 5.74) is 0. The highest BCUT2D eigenvalue weighted by atomic mass is 127. The number of halogens is 1. The van der Waals surface area contributed by atoms with E-state index >= 15 is 0 Å². The van der Waals surface area contributed by atoms with E-state index in [9.17, 15) is 8.42 Å². The Kier molecular flexibility index (Phi) is 17.4. The second kappa shape index (κ2) is 16.1. The maximum atomic E-state index is 11.0. The van der Waals surface area contributed by atoms with Crippen LogP contribution in [0.2, 0.25) is 0 Å². The van der Waals surface area contributed by atoms with Gasteiger partial charge in [0, 0.05) is 26.4 Å². The molecule has 0 aliphatic heterocycles. The Morgan fingerprint density at radius 3 is 2.58 bits per heavy atom. The van der Waals surface area contributed by atoms with E-state index in [1.54, 1.807) is 0 Å². The number of ether oxygens (including phenoxy) is 1. The lowest BCUT2D eigenvalue weighted by Gasteiger charge is -2.22. The third-order valence-corrected chi connectivity index (χ3v) is 4.10. The highest BCUT2D eigenvalue weighted by Gasteiger charge is 2.05. The predicted molar refractivity (Wildman–Crippen MR) is 113 cm³/mol. The first-order valence-corrected chi connectivity index (χ1v) is 10.3. The molecule has 0 aliphatic rings. The maximum absolute atomic E-state index is 11.0. The summed E-state index contributed by atoms with van der Waals surface area (Å²) in [5, 5.41) is 3.26. The van der Waals surface area contributed by atoms with Crippen LogP contribution in [-0.2, 0) is 14.6 Å². The number of guanidine groups is 1. The Balaban J connectivity index is 0. The summed E-state index contributed by atoms with van der Waals surface area (Å²) in [6.45, 7) is 8.71. The van der Waals surface area contributed by atoms with Crippen LogP contribution in [0.3, 0.4) is 0 Å². The van der Waals surface area contributed by atoms with Crippen molar-refractivity contribution in [2.45, 2.75) is 32.6 Å². The second-order valence-electron chi connectivity index (χ2n) is 5.54. The van der Waals surface area contributed by atoms with Crippen molar-refractivity contribution in [1.82, 2.24) is 10.2 Å². The molecule has 0 rings (SSSR count). The third-order valence-electron chi connectivity index (χ3n) is 3.19. The van der Waals surface area contributed by atoms with Crippen molar-refractivity contribution in [3.63, 3.8) is 0 Å². The molecule has 0 saturated heterocycles. The normalized spacial score (nSPS) is 11.7. The monoisotopic (exact) mass is 475 g/mol. The minimum atomic E-state index is -2.95. The van der Waals surface area contributed by atoms with Gasteiger partial charge in [0.1, 0.15) is 9.84 Å². The van der Waals surface area contributed by atoms with E-state index in [1.165, 1.54) is 19.1 Å². The molecule has 0 fully saturated rings. The number of rotatable bonds is 13. The Hall–Kier alpha value is -0.350. The molecule has 0 spiro atoms. The van der Waals surface area contributed by atoms with E-state index in [0.717, 1.165) is 31.9 Å². The van der Waals surface area contributed by atoms with Crippen molar-refractivity contribution in [3.8, 4) is 0 Å². The van der Waals surface area contributed by atoms with Gasteiger partial charge in [0.25, 0.3) is 0 Å². The fourth-order valence-corrected chi connectivity index (χ4v) is 2.34. The zero-order valence-electron chi connectivity index (χ0n) is 15.3. The summed E-state index contributed by atoms with van der Waals surface area (Å²) in [5.74, 6) is 0.921. The van der Waals surface area contributed by atoms with Crippen molar-refractivity contribution in [1.29, 1.82) is 0 Å². The SMILES string of the molecule is C=CCCCCCN(C)C(=NCCOCCS(C)(=O)=O)NCC.I. The van der Waals surface area contributed by atoms with E-state index in [2.05, 4.69) is 21.8 Å². The lowest BCUT2D eigenvalue weighted by Crippen LogP contribution is -2.39. The Labute approximate surface area is 165 Å². The summed E-state index contributed by atoms with van der Waals surface area (Å²) < 4.78 is 27.3. The van der Waals surface area contributed by atoms with Gasteiger partial charge in [-0.25, -0.2) is 8.42 Å². The van der Waals surface area contributed by atoms with Crippen molar-refractivity contribution in [2.24, 2.45) is 4.99 Å². The van der Waals surface area contributed by atoms with Crippen LogP contribution in [-0.4, -0.2) is 71.2 Å². The minimum absolute atomic E-state index is 0. The number of sulfone groups is 1. The molecule has 144 valence electrons. The predicted octanol–water partition coefficient (Wildman–Crippen LogP) is 2.31. The summed E-state index contributed by atoms with van der Waals surface area (Å²) in [4.78, 5) is 6.62. The highest BCUT2D eigenvalue weighted by molar-refractivity contribution is 14.0. The number of nitrogens with one attached hydrogen (secondary N) is 1. The van der Waals surface area contributed by atoms with Crippen molar-refractivity contribution < 1.29 is 13.2 Å². The summed E-state index contributed by atoms with van der Waals surface area (Å²) in [6.07, 6.45) is 7.73. The number of aliphatic imine (C=N–C) groups is 1. The van der Waals surface area contributed by atoms with Gasteiger partial charge < -0.3 is 15.0 Å². The molecule has 0 heterocycles. The zero-order valence-corrected chi connectivity index (χ0v) is 18.4. The Morgan fingerprint density at radius 2 is 2.00 bits per heavy atom. The molecule has 0 unspecified atom stereocenters. The molecule has 0 aromatic rings. The third kappa shape index (κ3) is 16.5. The van der Waals surface area contributed by atoms with Gasteiger partial charge in [0.15, 0.2) is 5.96 Å². The van der Waals surface area contributed by atoms with E-state index in [-0.39, 0.29) is 36.3 Å². The second-order valence-corrected chi connectivity index (χ2v) is 7.80. The molecule has 6 nitrogen and oxygen atoms in total. The largest absolute Gasteiger partial charge is 0.378 e. The molecule has 0 aliphatic carbocycles. The summed E-state index contributed by atoms with van der Waals surface area (Å²) >= 11 is 0. The molecular formula is C16H34IN3O3S. The van der Waals surface area contributed by atoms with Gasteiger partial charge in [0.2, 0.25) is 0 Å². The van der Waals surface area contributed by atoms with E-state index in [1.807, 2.05) is 20.0 Å². The van der Waals surface area contributed by atoms with Crippen molar-refractivity contribution in [3.05, 3.63) is 12.7 Å². The zero-order chi connectivity index (χ0) is 17.6. The molecule has 8 heteroatoms. The van der Waals surface area contributed by atoms with Crippen LogP contribution in [0.15, 0.2) is 17.6 Å². The van der Waals surface area contributed by atoms with Crippen LogP contribution in [0.1, 0.15) is 32.6 Å². The molecule has 0 aromatic heterocycles. The first-order valence-electron chi connectivity index (χ1n) is 8.26.